The lowest BCUT2D eigenvalue weighted by atomic mass is 10.0. The zero-order valence-corrected chi connectivity index (χ0v) is 10.8. The summed E-state index contributed by atoms with van der Waals surface area (Å²) >= 11 is 0. The molecule has 1 aromatic carbocycles. The fraction of sp³-hybridized carbons (Fsp3) is 0.429. The first-order valence-corrected chi connectivity index (χ1v) is 6.33. The molecule has 0 aromatic heterocycles. The molecule has 1 aliphatic heterocycles. The quantitative estimate of drug-likeness (QED) is 0.823. The van der Waals surface area contributed by atoms with Crippen molar-refractivity contribution in [3.63, 3.8) is 0 Å². The third-order valence-corrected chi connectivity index (χ3v) is 2.91. The van der Waals surface area contributed by atoms with Crippen LogP contribution in [0.25, 0.3) is 0 Å². The van der Waals surface area contributed by atoms with Gasteiger partial charge in [-0.25, -0.2) is 4.79 Å². The number of esters is 1. The fourth-order valence-electron chi connectivity index (χ4n) is 1.95. The molecule has 0 spiro atoms. The molecule has 1 heterocycles. The van der Waals surface area contributed by atoms with Crippen molar-refractivity contribution >= 4 is 11.7 Å². The van der Waals surface area contributed by atoms with Crippen molar-refractivity contribution in [1.82, 2.24) is 0 Å². The van der Waals surface area contributed by atoms with Gasteiger partial charge in [0.15, 0.2) is 5.71 Å². The molecule has 1 aliphatic rings. The molecular formula is C14H17NO4. The molecule has 2 atom stereocenters. The Hall–Kier alpha value is -1.88. The maximum atomic E-state index is 11.5. The van der Waals surface area contributed by atoms with Crippen molar-refractivity contribution < 1.29 is 19.5 Å². The summed E-state index contributed by atoms with van der Waals surface area (Å²) in [6, 6.07) is 9.34. The Morgan fingerprint density at radius 2 is 2.26 bits per heavy atom. The molecule has 19 heavy (non-hydrogen) atoms. The summed E-state index contributed by atoms with van der Waals surface area (Å²) in [5.41, 5.74) is 1.11. The first kappa shape index (κ1) is 13.5. The largest absolute Gasteiger partial charge is 0.461 e. The SMILES string of the molecule is CCOC(=O)C1=NOC(CC(O)c2ccccc2)C1. The van der Waals surface area contributed by atoms with Gasteiger partial charge in [0.2, 0.25) is 0 Å². The molecule has 0 bridgehead atoms. The Balaban J connectivity index is 1.85. The van der Waals surface area contributed by atoms with Crippen LogP contribution < -0.4 is 0 Å². The van der Waals surface area contributed by atoms with Gasteiger partial charge in [0.05, 0.1) is 12.7 Å². The van der Waals surface area contributed by atoms with Crippen LogP contribution in [0.4, 0.5) is 0 Å². The molecule has 1 aromatic rings. The molecule has 0 aliphatic carbocycles. The van der Waals surface area contributed by atoms with Gasteiger partial charge >= 0.3 is 5.97 Å². The summed E-state index contributed by atoms with van der Waals surface area (Å²) in [7, 11) is 0. The van der Waals surface area contributed by atoms with Crippen molar-refractivity contribution in [2.24, 2.45) is 5.16 Å². The van der Waals surface area contributed by atoms with E-state index in [-0.39, 0.29) is 11.8 Å². The maximum absolute atomic E-state index is 11.5. The van der Waals surface area contributed by atoms with E-state index in [4.69, 9.17) is 9.57 Å². The Bertz CT molecular complexity index is 458. The number of aliphatic hydroxyl groups is 1. The predicted molar refractivity (Wildman–Crippen MR) is 69.6 cm³/mol. The second-order valence-corrected chi connectivity index (χ2v) is 4.35. The van der Waals surface area contributed by atoms with Crippen LogP contribution in [0.15, 0.2) is 35.5 Å². The highest BCUT2D eigenvalue weighted by atomic mass is 16.6. The van der Waals surface area contributed by atoms with Gasteiger partial charge in [0, 0.05) is 12.8 Å². The van der Waals surface area contributed by atoms with Crippen LogP contribution in [0.1, 0.15) is 31.4 Å². The molecule has 5 heteroatoms. The summed E-state index contributed by atoms with van der Waals surface area (Å²) in [6.45, 7) is 2.06. The third kappa shape index (κ3) is 3.54. The second-order valence-electron chi connectivity index (χ2n) is 4.35. The van der Waals surface area contributed by atoms with Crippen LogP contribution >= 0.6 is 0 Å². The number of rotatable bonds is 5. The van der Waals surface area contributed by atoms with Gasteiger partial charge in [-0.15, -0.1) is 0 Å². The van der Waals surface area contributed by atoms with Crippen LogP contribution in [0, 0.1) is 0 Å². The van der Waals surface area contributed by atoms with Crippen LogP contribution in [0.2, 0.25) is 0 Å². The van der Waals surface area contributed by atoms with Gasteiger partial charge in [-0.2, -0.15) is 0 Å². The topological polar surface area (TPSA) is 68.1 Å². The smallest absolute Gasteiger partial charge is 0.356 e. The van der Waals surface area contributed by atoms with Gasteiger partial charge in [-0.05, 0) is 12.5 Å². The van der Waals surface area contributed by atoms with E-state index in [9.17, 15) is 9.90 Å². The van der Waals surface area contributed by atoms with E-state index >= 15 is 0 Å². The predicted octanol–water partition coefficient (Wildman–Crippen LogP) is 1.82. The number of aliphatic hydroxyl groups excluding tert-OH is 1. The fourth-order valence-corrected chi connectivity index (χ4v) is 1.95. The highest BCUT2D eigenvalue weighted by molar-refractivity contribution is 6.36. The average molecular weight is 263 g/mol. The van der Waals surface area contributed by atoms with Crippen molar-refractivity contribution in [1.29, 1.82) is 0 Å². The van der Waals surface area contributed by atoms with E-state index in [1.165, 1.54) is 0 Å². The molecular weight excluding hydrogens is 246 g/mol. The average Bonchev–Trinajstić information content (AvgIpc) is 2.88. The summed E-state index contributed by atoms with van der Waals surface area (Å²) in [6.07, 6.45) is -0.128. The monoisotopic (exact) mass is 263 g/mol. The van der Waals surface area contributed by atoms with E-state index < -0.39 is 12.1 Å². The van der Waals surface area contributed by atoms with Crippen molar-refractivity contribution in [2.75, 3.05) is 6.61 Å². The number of benzene rings is 1. The lowest BCUT2D eigenvalue weighted by Crippen LogP contribution is -2.19. The highest BCUT2D eigenvalue weighted by Gasteiger charge is 2.29. The zero-order chi connectivity index (χ0) is 13.7. The minimum absolute atomic E-state index is 0.283. The molecule has 0 saturated heterocycles. The van der Waals surface area contributed by atoms with Crippen LogP contribution in [0.3, 0.4) is 0 Å². The summed E-state index contributed by atoms with van der Waals surface area (Å²) in [4.78, 5) is 16.6. The third-order valence-electron chi connectivity index (χ3n) is 2.91. The molecule has 102 valence electrons. The number of ether oxygens (including phenoxy) is 1. The zero-order valence-electron chi connectivity index (χ0n) is 10.8. The van der Waals surface area contributed by atoms with Crippen molar-refractivity contribution in [3.05, 3.63) is 35.9 Å². The summed E-state index contributed by atoms with van der Waals surface area (Å²) in [5, 5.41) is 13.8. The molecule has 1 N–H and O–H groups in total. The Morgan fingerprint density at radius 3 is 2.95 bits per heavy atom. The minimum atomic E-state index is -0.622. The normalized spacial score (nSPS) is 19.5. The summed E-state index contributed by atoms with van der Waals surface area (Å²) in [5.74, 6) is -0.445. The van der Waals surface area contributed by atoms with E-state index in [0.29, 0.717) is 19.4 Å². The molecule has 5 nitrogen and oxygen atoms in total. The minimum Gasteiger partial charge on any atom is -0.461 e. The maximum Gasteiger partial charge on any atom is 0.356 e. The van der Waals surface area contributed by atoms with Gasteiger partial charge in [-0.3, -0.25) is 0 Å². The van der Waals surface area contributed by atoms with E-state index in [1.807, 2.05) is 30.3 Å². The Labute approximate surface area is 111 Å². The van der Waals surface area contributed by atoms with Gasteiger partial charge in [-0.1, -0.05) is 35.5 Å². The molecule has 0 saturated carbocycles. The van der Waals surface area contributed by atoms with E-state index in [1.54, 1.807) is 6.92 Å². The van der Waals surface area contributed by atoms with Crippen molar-refractivity contribution in [3.8, 4) is 0 Å². The highest BCUT2D eigenvalue weighted by Crippen LogP contribution is 2.24. The van der Waals surface area contributed by atoms with Crippen LogP contribution in [-0.2, 0) is 14.4 Å². The number of hydrogen-bond acceptors (Lipinski definition) is 5. The first-order valence-electron chi connectivity index (χ1n) is 6.33. The Kier molecular flexibility index (Phi) is 4.52. The molecule has 0 radical (unpaired) electrons. The van der Waals surface area contributed by atoms with Gasteiger partial charge < -0.3 is 14.7 Å². The molecule has 0 fully saturated rings. The number of carbonyl (C=O) groups is 1. The first-order chi connectivity index (χ1) is 9.20. The standard InChI is InChI=1S/C14H17NO4/c1-2-18-14(17)12-8-11(19-15-12)9-13(16)10-6-4-3-5-7-10/h3-7,11,13,16H,2,8-9H2,1H3. The lowest BCUT2D eigenvalue weighted by Gasteiger charge is -2.14. The second kappa shape index (κ2) is 6.33. The molecule has 0 amide bonds. The van der Waals surface area contributed by atoms with Crippen LogP contribution in [0.5, 0.6) is 0 Å². The number of hydrogen-bond donors (Lipinski definition) is 1. The lowest BCUT2D eigenvalue weighted by molar-refractivity contribution is -0.135. The summed E-state index contributed by atoms with van der Waals surface area (Å²) < 4.78 is 4.85. The van der Waals surface area contributed by atoms with Crippen LogP contribution in [-0.4, -0.2) is 29.5 Å². The van der Waals surface area contributed by atoms with E-state index in [0.717, 1.165) is 5.56 Å². The number of carbonyl (C=O) groups excluding carboxylic acids is 1. The molecule has 2 rings (SSSR count). The molecule has 2 unspecified atom stereocenters. The number of nitrogens with zero attached hydrogens (tertiary/aromatic N) is 1. The van der Waals surface area contributed by atoms with Gasteiger partial charge in [0.25, 0.3) is 0 Å². The Morgan fingerprint density at radius 1 is 1.53 bits per heavy atom. The number of oxime groups is 1. The van der Waals surface area contributed by atoms with Crippen molar-refractivity contribution in [2.45, 2.75) is 32.0 Å². The van der Waals surface area contributed by atoms with Gasteiger partial charge in [0.1, 0.15) is 6.10 Å². The van der Waals surface area contributed by atoms with E-state index in [2.05, 4.69) is 5.16 Å².